The number of phenols is 1. The first-order chi connectivity index (χ1) is 7.90. The zero-order chi connectivity index (χ0) is 13.1. The van der Waals surface area contributed by atoms with Crippen LogP contribution in [0.5, 0.6) is 11.5 Å². The SMILES string of the molecule is CNC(C)(C)C(=O)Nc1ccc(OC)cc1O. The number of aromatic hydroxyl groups is 1. The number of ether oxygens (including phenoxy) is 1. The lowest BCUT2D eigenvalue weighted by molar-refractivity contribution is -0.121. The van der Waals surface area contributed by atoms with Crippen LogP contribution in [0, 0.1) is 0 Å². The number of methoxy groups -OCH3 is 1. The van der Waals surface area contributed by atoms with E-state index >= 15 is 0 Å². The predicted molar refractivity (Wildman–Crippen MR) is 66.4 cm³/mol. The summed E-state index contributed by atoms with van der Waals surface area (Å²) in [7, 11) is 3.21. The van der Waals surface area contributed by atoms with Crippen LogP contribution in [0.1, 0.15) is 13.8 Å². The van der Waals surface area contributed by atoms with Crippen molar-refractivity contribution in [2.75, 3.05) is 19.5 Å². The summed E-state index contributed by atoms with van der Waals surface area (Å²) in [5, 5.41) is 15.2. The highest BCUT2D eigenvalue weighted by Crippen LogP contribution is 2.28. The normalized spacial score (nSPS) is 11.1. The zero-order valence-electron chi connectivity index (χ0n) is 10.5. The number of benzene rings is 1. The fraction of sp³-hybridized carbons (Fsp3) is 0.417. The molecule has 1 aromatic rings. The minimum absolute atomic E-state index is 0.0235. The first-order valence-corrected chi connectivity index (χ1v) is 5.28. The van der Waals surface area contributed by atoms with Gasteiger partial charge in [0.1, 0.15) is 11.5 Å². The molecule has 0 radical (unpaired) electrons. The monoisotopic (exact) mass is 238 g/mol. The molecule has 1 amide bonds. The summed E-state index contributed by atoms with van der Waals surface area (Å²) < 4.78 is 4.96. The summed E-state index contributed by atoms with van der Waals surface area (Å²) in [6.45, 7) is 3.51. The molecule has 0 heterocycles. The summed E-state index contributed by atoms with van der Waals surface area (Å²) in [5.74, 6) is 0.290. The molecule has 3 N–H and O–H groups in total. The molecule has 1 rings (SSSR count). The summed E-state index contributed by atoms with van der Waals surface area (Å²) in [5.41, 5.74) is -0.342. The van der Waals surface area contributed by atoms with Gasteiger partial charge in [0.15, 0.2) is 0 Å². The molecule has 0 saturated carbocycles. The fourth-order valence-electron chi connectivity index (χ4n) is 1.14. The van der Waals surface area contributed by atoms with Crippen LogP contribution in [0.15, 0.2) is 18.2 Å². The lowest BCUT2D eigenvalue weighted by atomic mass is 10.1. The topological polar surface area (TPSA) is 70.6 Å². The Morgan fingerprint density at radius 3 is 2.53 bits per heavy atom. The van der Waals surface area contributed by atoms with Crippen LogP contribution in [-0.2, 0) is 4.79 Å². The molecule has 0 aromatic heterocycles. The number of hydrogen-bond donors (Lipinski definition) is 3. The van der Waals surface area contributed by atoms with Crippen molar-refractivity contribution in [2.45, 2.75) is 19.4 Å². The Hall–Kier alpha value is -1.75. The Bertz CT molecular complexity index is 416. The lowest BCUT2D eigenvalue weighted by Crippen LogP contribution is -2.47. The molecule has 0 saturated heterocycles. The number of rotatable bonds is 4. The van der Waals surface area contributed by atoms with E-state index in [0.717, 1.165) is 0 Å². The number of amides is 1. The van der Waals surface area contributed by atoms with Crippen LogP contribution in [0.2, 0.25) is 0 Å². The minimum Gasteiger partial charge on any atom is -0.506 e. The molecular weight excluding hydrogens is 220 g/mol. The van der Waals surface area contributed by atoms with Gasteiger partial charge in [0.2, 0.25) is 5.91 Å². The van der Waals surface area contributed by atoms with Gasteiger partial charge in [0.25, 0.3) is 0 Å². The number of carbonyl (C=O) groups excluding carboxylic acids is 1. The Labute approximate surface area is 101 Å². The predicted octanol–water partition coefficient (Wildman–Crippen LogP) is 1.34. The van der Waals surface area contributed by atoms with Crippen LogP contribution in [0.4, 0.5) is 5.69 Å². The molecule has 0 aliphatic carbocycles. The average Bonchev–Trinajstić information content (AvgIpc) is 2.31. The van der Waals surface area contributed by atoms with Gasteiger partial charge < -0.3 is 20.5 Å². The van der Waals surface area contributed by atoms with Crippen LogP contribution in [-0.4, -0.2) is 30.7 Å². The molecular formula is C12H18N2O3. The van der Waals surface area contributed by atoms with Gasteiger partial charge in [-0.15, -0.1) is 0 Å². The Kier molecular flexibility index (Phi) is 3.96. The number of likely N-dealkylation sites (N-methyl/N-ethyl adjacent to an activating group) is 1. The van der Waals surface area contributed by atoms with Gasteiger partial charge in [-0.3, -0.25) is 4.79 Å². The quantitative estimate of drug-likeness (QED) is 0.692. The second-order valence-electron chi connectivity index (χ2n) is 4.21. The molecule has 0 aliphatic rings. The van der Waals surface area contributed by atoms with Crippen molar-refractivity contribution in [3.8, 4) is 11.5 Å². The van der Waals surface area contributed by atoms with Gasteiger partial charge in [-0.05, 0) is 33.0 Å². The molecule has 5 nitrogen and oxygen atoms in total. The molecule has 0 fully saturated rings. The first-order valence-electron chi connectivity index (χ1n) is 5.28. The van der Waals surface area contributed by atoms with E-state index in [1.54, 1.807) is 33.0 Å². The van der Waals surface area contributed by atoms with Gasteiger partial charge in [-0.2, -0.15) is 0 Å². The second-order valence-corrected chi connectivity index (χ2v) is 4.21. The van der Waals surface area contributed by atoms with Gasteiger partial charge >= 0.3 is 0 Å². The van der Waals surface area contributed by atoms with Crippen molar-refractivity contribution >= 4 is 11.6 Å². The molecule has 5 heteroatoms. The highest BCUT2D eigenvalue weighted by Gasteiger charge is 2.25. The molecule has 0 unspecified atom stereocenters. The van der Waals surface area contributed by atoms with Crippen molar-refractivity contribution in [1.82, 2.24) is 5.32 Å². The Morgan fingerprint density at radius 2 is 2.06 bits per heavy atom. The third-order valence-corrected chi connectivity index (χ3v) is 2.65. The Morgan fingerprint density at radius 1 is 1.41 bits per heavy atom. The standard InChI is InChI=1S/C12H18N2O3/c1-12(2,13-3)11(16)14-9-6-5-8(17-4)7-10(9)15/h5-7,13,15H,1-4H3,(H,14,16). The minimum atomic E-state index is -0.702. The van der Waals surface area contributed by atoms with E-state index in [4.69, 9.17) is 4.74 Å². The highest BCUT2D eigenvalue weighted by molar-refractivity contribution is 5.98. The highest BCUT2D eigenvalue weighted by atomic mass is 16.5. The average molecular weight is 238 g/mol. The maximum atomic E-state index is 11.9. The van der Waals surface area contributed by atoms with E-state index in [1.165, 1.54) is 13.2 Å². The van der Waals surface area contributed by atoms with Gasteiger partial charge in [0, 0.05) is 6.07 Å². The smallest absolute Gasteiger partial charge is 0.244 e. The van der Waals surface area contributed by atoms with E-state index in [9.17, 15) is 9.90 Å². The van der Waals surface area contributed by atoms with Gasteiger partial charge in [-0.1, -0.05) is 0 Å². The zero-order valence-corrected chi connectivity index (χ0v) is 10.5. The van der Waals surface area contributed by atoms with Crippen molar-refractivity contribution in [2.24, 2.45) is 0 Å². The lowest BCUT2D eigenvalue weighted by Gasteiger charge is -2.23. The van der Waals surface area contributed by atoms with Crippen molar-refractivity contribution < 1.29 is 14.6 Å². The molecule has 94 valence electrons. The van der Waals surface area contributed by atoms with Crippen LogP contribution in [0.25, 0.3) is 0 Å². The van der Waals surface area contributed by atoms with E-state index < -0.39 is 5.54 Å². The van der Waals surface area contributed by atoms with Gasteiger partial charge in [0.05, 0.1) is 18.3 Å². The summed E-state index contributed by atoms with van der Waals surface area (Å²) >= 11 is 0. The van der Waals surface area contributed by atoms with E-state index in [1.807, 2.05) is 0 Å². The number of hydrogen-bond acceptors (Lipinski definition) is 4. The molecule has 0 bridgehead atoms. The number of carbonyl (C=O) groups is 1. The van der Waals surface area contributed by atoms with E-state index in [-0.39, 0.29) is 11.7 Å². The largest absolute Gasteiger partial charge is 0.506 e. The summed E-state index contributed by atoms with van der Waals surface area (Å²) in [4.78, 5) is 11.9. The van der Waals surface area contributed by atoms with Crippen molar-refractivity contribution in [1.29, 1.82) is 0 Å². The van der Waals surface area contributed by atoms with Crippen LogP contribution in [0.3, 0.4) is 0 Å². The molecule has 1 aromatic carbocycles. The molecule has 0 aliphatic heterocycles. The summed E-state index contributed by atoms with van der Waals surface area (Å²) in [6, 6.07) is 4.71. The molecule has 0 atom stereocenters. The second kappa shape index (κ2) is 5.05. The molecule has 17 heavy (non-hydrogen) atoms. The third kappa shape index (κ3) is 3.10. The fourth-order valence-corrected chi connectivity index (χ4v) is 1.14. The van der Waals surface area contributed by atoms with Crippen LogP contribution < -0.4 is 15.4 Å². The van der Waals surface area contributed by atoms with Crippen molar-refractivity contribution in [3.05, 3.63) is 18.2 Å². The number of phenolic OH excluding ortho intramolecular Hbond substituents is 1. The van der Waals surface area contributed by atoms with Crippen LogP contribution >= 0.6 is 0 Å². The molecule has 0 spiro atoms. The number of anilines is 1. The maximum absolute atomic E-state index is 11.9. The third-order valence-electron chi connectivity index (χ3n) is 2.65. The van der Waals surface area contributed by atoms with E-state index in [2.05, 4.69) is 10.6 Å². The van der Waals surface area contributed by atoms with Gasteiger partial charge in [-0.25, -0.2) is 0 Å². The van der Waals surface area contributed by atoms with Crippen molar-refractivity contribution in [3.63, 3.8) is 0 Å². The summed E-state index contributed by atoms with van der Waals surface area (Å²) in [6.07, 6.45) is 0. The Balaban J connectivity index is 2.86. The number of nitrogens with one attached hydrogen (secondary N) is 2. The van der Waals surface area contributed by atoms with E-state index in [0.29, 0.717) is 11.4 Å². The first kappa shape index (κ1) is 13.3. The maximum Gasteiger partial charge on any atom is 0.244 e.